The lowest BCUT2D eigenvalue weighted by Gasteiger charge is -2.47. The van der Waals surface area contributed by atoms with Crippen molar-refractivity contribution < 1.29 is 34.3 Å². The van der Waals surface area contributed by atoms with Crippen LogP contribution in [-0.2, 0) is 25.6 Å². The lowest BCUT2D eigenvalue weighted by molar-refractivity contribution is -0.299. The molecule has 3 aliphatic rings. The summed E-state index contributed by atoms with van der Waals surface area (Å²) in [6.07, 6.45) is 7.37. The molecule has 5 rings (SSSR count). The Hall–Kier alpha value is -3.00. The van der Waals surface area contributed by atoms with Crippen LogP contribution in [0.3, 0.4) is 0 Å². The monoisotopic (exact) mass is 619 g/mol. The first-order valence-corrected chi connectivity index (χ1v) is 15.4. The summed E-state index contributed by atoms with van der Waals surface area (Å²) in [5.41, 5.74) is 22.0. The predicted molar refractivity (Wildman–Crippen MR) is 173 cm³/mol. The molecule has 10 unspecified atom stereocenters. The summed E-state index contributed by atoms with van der Waals surface area (Å²) >= 11 is 0. The fraction of sp³-hybridized carbons (Fsp3) is 0.429. The van der Waals surface area contributed by atoms with Crippen molar-refractivity contribution in [3.63, 3.8) is 0 Å². The van der Waals surface area contributed by atoms with Gasteiger partial charge < -0.3 is 51.5 Å². The number of allylic oxidation sites excluding steroid dienone is 7. The molecule has 0 bridgehead atoms. The van der Waals surface area contributed by atoms with Gasteiger partial charge in [0, 0.05) is 12.1 Å². The van der Waals surface area contributed by atoms with E-state index in [-0.39, 0.29) is 13.2 Å². The van der Waals surface area contributed by atoms with Crippen molar-refractivity contribution in [2.75, 3.05) is 13.2 Å². The highest BCUT2D eigenvalue weighted by Crippen LogP contribution is 2.30. The number of hydrogen-bond donors (Lipinski definition) is 6. The minimum Gasteiger partial charge on any atom is -0.394 e. The van der Waals surface area contributed by atoms with Gasteiger partial charge in [-0.2, -0.15) is 0 Å². The summed E-state index contributed by atoms with van der Waals surface area (Å²) in [6.45, 7) is 3.89. The van der Waals surface area contributed by atoms with Crippen LogP contribution >= 0.6 is 0 Å². The van der Waals surface area contributed by atoms with Crippen LogP contribution in [0.1, 0.15) is 18.4 Å². The molecule has 0 spiro atoms. The molecule has 2 aromatic carbocycles. The van der Waals surface area contributed by atoms with Crippen molar-refractivity contribution in [1.29, 1.82) is 0 Å². The molecule has 9 N–H and O–H groups in total. The first-order chi connectivity index (χ1) is 21.7. The maximum absolute atomic E-state index is 11.4. The fourth-order valence-corrected chi connectivity index (χ4v) is 5.97. The fourth-order valence-electron chi connectivity index (χ4n) is 5.97. The summed E-state index contributed by atoms with van der Waals surface area (Å²) in [7, 11) is 0. The van der Waals surface area contributed by atoms with Crippen LogP contribution in [0.4, 0.5) is 0 Å². The standard InChI is InChI=1S/C35H45N3O7/c1-21-8-4-2-3-5-9-22(13-12-21)19-43-34-29(38)35(44-28(18-39)30(34)40)45-33-27(37)17-26(36)32(31(33)41)42-20-23-14-15-24-10-6-7-11-25(24)16-23/h2-4,6-16,26-35,39-41H,1,5,17-20,36-38H2/b3-2-,8-4-,13-12?,22-9+. The highest BCUT2D eigenvalue weighted by atomic mass is 16.7. The predicted octanol–water partition coefficient (Wildman–Crippen LogP) is 1.87. The maximum Gasteiger partial charge on any atom is 0.176 e. The molecular weight excluding hydrogens is 574 g/mol. The van der Waals surface area contributed by atoms with E-state index in [2.05, 4.69) is 6.58 Å². The number of benzene rings is 2. The van der Waals surface area contributed by atoms with E-state index in [1.807, 2.05) is 85.0 Å². The molecule has 242 valence electrons. The van der Waals surface area contributed by atoms with Crippen LogP contribution in [0, 0.1) is 0 Å². The number of rotatable bonds is 9. The molecule has 0 radical (unpaired) electrons. The molecule has 10 nitrogen and oxygen atoms in total. The minimum absolute atomic E-state index is 0.146. The van der Waals surface area contributed by atoms with E-state index in [0.29, 0.717) is 12.8 Å². The zero-order valence-electron chi connectivity index (χ0n) is 25.3. The summed E-state index contributed by atoms with van der Waals surface area (Å²) in [5.74, 6) is 0. The van der Waals surface area contributed by atoms with Gasteiger partial charge in [-0.3, -0.25) is 0 Å². The number of fused-ring (bicyclic) bond motifs is 1. The van der Waals surface area contributed by atoms with Crippen molar-refractivity contribution in [2.45, 2.75) is 80.5 Å². The molecule has 45 heavy (non-hydrogen) atoms. The van der Waals surface area contributed by atoms with Gasteiger partial charge in [-0.05, 0) is 46.4 Å². The molecule has 1 heterocycles. The van der Waals surface area contributed by atoms with Gasteiger partial charge in [0.1, 0.15) is 36.6 Å². The first kappa shape index (κ1) is 33.4. The summed E-state index contributed by atoms with van der Waals surface area (Å²) in [6, 6.07) is 12.0. The molecule has 2 aliphatic carbocycles. The number of aliphatic hydroxyl groups excluding tert-OH is 3. The SMILES string of the molecule is C=C1C=C/C(COC2C(N)C(OC3C(N)CC(N)C(OCc4ccc5ccccc5c4)C3O)OC(CO)C2O)=C\C/C=C\C=C/1. The quantitative estimate of drug-likeness (QED) is 0.243. The van der Waals surface area contributed by atoms with Gasteiger partial charge in [0.15, 0.2) is 6.29 Å². The van der Waals surface area contributed by atoms with Gasteiger partial charge in [-0.15, -0.1) is 0 Å². The van der Waals surface area contributed by atoms with E-state index < -0.39 is 67.6 Å². The zero-order valence-corrected chi connectivity index (χ0v) is 25.3. The van der Waals surface area contributed by atoms with Crippen LogP contribution in [-0.4, -0.2) is 89.6 Å². The van der Waals surface area contributed by atoms with Gasteiger partial charge in [-0.25, -0.2) is 0 Å². The van der Waals surface area contributed by atoms with E-state index >= 15 is 0 Å². The second kappa shape index (κ2) is 15.5. The number of nitrogens with two attached hydrogens (primary N) is 3. The molecule has 1 saturated heterocycles. The molecule has 1 aliphatic heterocycles. The molecule has 2 aromatic rings. The molecule has 0 amide bonds. The van der Waals surface area contributed by atoms with Gasteiger partial charge in [0.05, 0.1) is 25.9 Å². The first-order valence-electron chi connectivity index (χ1n) is 15.4. The van der Waals surface area contributed by atoms with Crippen molar-refractivity contribution in [2.24, 2.45) is 17.2 Å². The Bertz CT molecular complexity index is 1420. The van der Waals surface area contributed by atoms with Gasteiger partial charge in [-0.1, -0.05) is 85.5 Å². The van der Waals surface area contributed by atoms with E-state index in [1.54, 1.807) is 0 Å². The minimum atomic E-state index is -1.22. The average molecular weight is 620 g/mol. The van der Waals surface area contributed by atoms with Gasteiger partial charge >= 0.3 is 0 Å². The Labute approximate surface area is 264 Å². The third-order valence-corrected chi connectivity index (χ3v) is 8.54. The Morgan fingerprint density at radius 3 is 2.40 bits per heavy atom. The second-order valence-corrected chi connectivity index (χ2v) is 11.9. The van der Waals surface area contributed by atoms with Gasteiger partial charge in [0.25, 0.3) is 0 Å². The van der Waals surface area contributed by atoms with Crippen LogP contribution in [0.5, 0.6) is 0 Å². The number of hydrogen-bond acceptors (Lipinski definition) is 10. The third-order valence-electron chi connectivity index (χ3n) is 8.54. The van der Waals surface area contributed by atoms with Crippen LogP contribution < -0.4 is 17.2 Å². The van der Waals surface area contributed by atoms with Crippen LogP contribution in [0.2, 0.25) is 0 Å². The Morgan fingerprint density at radius 1 is 0.844 bits per heavy atom. The van der Waals surface area contributed by atoms with Crippen LogP contribution in [0.25, 0.3) is 10.8 Å². The van der Waals surface area contributed by atoms with Crippen molar-refractivity contribution in [3.8, 4) is 0 Å². The van der Waals surface area contributed by atoms with E-state index in [4.69, 9.17) is 36.1 Å². The van der Waals surface area contributed by atoms with E-state index in [9.17, 15) is 15.3 Å². The average Bonchev–Trinajstić information content (AvgIpc) is 3.03. The number of ether oxygens (including phenoxy) is 4. The molecule has 0 aromatic heterocycles. The molecule has 10 atom stereocenters. The van der Waals surface area contributed by atoms with E-state index in [0.717, 1.165) is 27.5 Å². The molecule has 2 fully saturated rings. The highest BCUT2D eigenvalue weighted by Gasteiger charge is 2.49. The third kappa shape index (κ3) is 8.24. The Kier molecular flexibility index (Phi) is 11.5. The lowest BCUT2D eigenvalue weighted by atomic mass is 9.84. The molecule has 1 saturated carbocycles. The molecule has 10 heteroatoms. The largest absolute Gasteiger partial charge is 0.394 e. The zero-order chi connectivity index (χ0) is 31.9. The summed E-state index contributed by atoms with van der Waals surface area (Å²) < 4.78 is 24.4. The summed E-state index contributed by atoms with van der Waals surface area (Å²) in [4.78, 5) is 0. The Morgan fingerprint density at radius 2 is 1.60 bits per heavy atom. The number of aliphatic hydroxyl groups is 3. The van der Waals surface area contributed by atoms with E-state index in [1.165, 1.54) is 0 Å². The molecular formula is C35H45N3O7. The maximum atomic E-state index is 11.4. The van der Waals surface area contributed by atoms with Gasteiger partial charge in [0.2, 0.25) is 0 Å². The van der Waals surface area contributed by atoms with Crippen molar-refractivity contribution in [3.05, 3.63) is 108 Å². The summed E-state index contributed by atoms with van der Waals surface area (Å²) in [5, 5.41) is 34.6. The second-order valence-electron chi connectivity index (χ2n) is 11.9. The smallest absolute Gasteiger partial charge is 0.176 e. The van der Waals surface area contributed by atoms with Crippen LogP contribution in [0.15, 0.2) is 103 Å². The van der Waals surface area contributed by atoms with Crippen molar-refractivity contribution >= 4 is 10.8 Å². The lowest BCUT2D eigenvalue weighted by Crippen LogP contribution is -2.67. The Balaban J connectivity index is 1.25. The topological polar surface area (TPSA) is 176 Å². The van der Waals surface area contributed by atoms with Crippen molar-refractivity contribution in [1.82, 2.24) is 0 Å². The highest BCUT2D eigenvalue weighted by molar-refractivity contribution is 5.82. The normalized spacial score (nSPS) is 36.8.